The van der Waals surface area contributed by atoms with E-state index in [0.29, 0.717) is 0 Å². The van der Waals surface area contributed by atoms with E-state index >= 15 is 0 Å². The summed E-state index contributed by atoms with van der Waals surface area (Å²) in [6, 6.07) is 90.7. The fourth-order valence-electron chi connectivity index (χ4n) is 11.0. The largest absolute Gasteiger partial charge is 0.454 e. The van der Waals surface area contributed by atoms with Crippen molar-refractivity contribution in [2.24, 2.45) is 0 Å². The summed E-state index contributed by atoms with van der Waals surface area (Å²) in [6.45, 7) is 0. The summed E-state index contributed by atoms with van der Waals surface area (Å²) < 4.78 is 6.80. The Morgan fingerprint density at radius 2 is 0.846 bits per heavy atom. The lowest BCUT2D eigenvalue weighted by Gasteiger charge is -2.35. The highest BCUT2D eigenvalue weighted by molar-refractivity contribution is 6.11. The van der Waals surface area contributed by atoms with Gasteiger partial charge in [-0.15, -0.1) is 0 Å². The van der Waals surface area contributed by atoms with Crippen LogP contribution in [-0.2, 0) is 5.41 Å². The second-order valence-corrected chi connectivity index (χ2v) is 17.1. The molecule has 0 saturated heterocycles. The summed E-state index contributed by atoms with van der Waals surface area (Å²) in [4.78, 5) is 2.39. The first kappa shape index (κ1) is 37.1. The zero-order valence-corrected chi connectivity index (χ0v) is 35.5. The monoisotopic (exact) mass is 827 g/mol. The normalized spacial score (nSPS) is 12.7. The zero-order chi connectivity index (χ0) is 42.9. The highest BCUT2D eigenvalue weighted by Crippen LogP contribution is 2.57. The van der Waals surface area contributed by atoms with Crippen LogP contribution in [0.3, 0.4) is 0 Å². The third kappa shape index (κ3) is 5.67. The molecule has 0 radical (unpaired) electrons. The van der Waals surface area contributed by atoms with Gasteiger partial charge in [-0.05, 0) is 114 Å². The maximum absolute atomic E-state index is 6.80. The summed E-state index contributed by atoms with van der Waals surface area (Å²) in [5.74, 6) is 0. The molecule has 0 spiro atoms. The molecule has 0 amide bonds. The Hall–Kier alpha value is -8.46. The third-order valence-electron chi connectivity index (χ3n) is 13.8. The van der Waals surface area contributed by atoms with Crippen molar-refractivity contribution in [2.45, 2.75) is 5.41 Å². The van der Waals surface area contributed by atoms with Gasteiger partial charge < -0.3 is 9.32 Å². The van der Waals surface area contributed by atoms with Crippen LogP contribution in [0.25, 0.3) is 76.9 Å². The summed E-state index contributed by atoms with van der Waals surface area (Å²) in [7, 11) is 0. The van der Waals surface area contributed by atoms with Gasteiger partial charge in [-0.2, -0.15) is 0 Å². The van der Waals surface area contributed by atoms with E-state index in [4.69, 9.17) is 4.42 Å². The molecular weight excluding hydrogens is 787 g/mol. The van der Waals surface area contributed by atoms with Crippen LogP contribution in [0.1, 0.15) is 22.3 Å². The van der Waals surface area contributed by atoms with Gasteiger partial charge in [-0.1, -0.05) is 212 Å². The second kappa shape index (κ2) is 14.8. The molecule has 13 rings (SSSR count). The van der Waals surface area contributed by atoms with Crippen LogP contribution in [0, 0.1) is 0 Å². The first-order chi connectivity index (χ1) is 32.3. The lowest BCUT2D eigenvalue weighted by molar-refractivity contribution is 0.669. The molecule has 2 heteroatoms. The molecule has 12 aromatic rings. The molecule has 0 fully saturated rings. The van der Waals surface area contributed by atoms with E-state index in [1.807, 2.05) is 6.07 Å². The Labute approximate surface area is 377 Å². The smallest absolute Gasteiger partial charge is 0.159 e. The Balaban J connectivity index is 1.01. The molecule has 0 atom stereocenters. The molecule has 1 aliphatic rings. The van der Waals surface area contributed by atoms with E-state index in [1.165, 1.54) is 71.6 Å². The van der Waals surface area contributed by atoms with Crippen LogP contribution < -0.4 is 4.90 Å². The van der Waals surface area contributed by atoms with Crippen molar-refractivity contribution in [1.82, 2.24) is 0 Å². The number of fused-ring (bicyclic) bond motifs is 8. The van der Waals surface area contributed by atoms with Gasteiger partial charge in [0, 0.05) is 22.1 Å². The Morgan fingerprint density at radius 3 is 1.63 bits per heavy atom. The molecule has 11 aromatic carbocycles. The van der Waals surface area contributed by atoms with Crippen LogP contribution in [0.2, 0.25) is 0 Å². The number of benzene rings is 11. The molecule has 0 N–H and O–H groups in total. The standard InChI is InChI=1S/C63H41NO/c1-3-19-44(20-4-1)63(45-21-5-2-6-22-45)58-32-11-9-24-54(58)55-40-39-47(41-59(55)63)64(60-33-16-31-57-56-25-10-12-34-61(56)65-62(57)60)46-37-35-43(36-38-46)49-26-14-29-52-51(49)28-15-30-53(52)50-27-13-18-42-17-7-8-23-48(42)50/h1-41H. The average Bonchev–Trinajstić information content (AvgIpc) is 3.91. The predicted molar refractivity (Wildman–Crippen MR) is 272 cm³/mol. The summed E-state index contributed by atoms with van der Waals surface area (Å²) in [5, 5.41) is 7.17. The lowest BCUT2D eigenvalue weighted by Crippen LogP contribution is -2.28. The molecule has 1 aromatic heterocycles. The fraction of sp³-hybridized carbons (Fsp3) is 0.0159. The van der Waals surface area contributed by atoms with Crippen molar-refractivity contribution in [3.8, 4) is 33.4 Å². The van der Waals surface area contributed by atoms with Gasteiger partial charge in [-0.3, -0.25) is 0 Å². The number of anilines is 3. The topological polar surface area (TPSA) is 16.4 Å². The van der Waals surface area contributed by atoms with Crippen molar-refractivity contribution in [3.63, 3.8) is 0 Å². The van der Waals surface area contributed by atoms with Crippen molar-refractivity contribution < 1.29 is 4.42 Å². The maximum atomic E-state index is 6.80. The van der Waals surface area contributed by atoms with Gasteiger partial charge in [0.15, 0.2) is 5.58 Å². The molecular formula is C63H41NO. The first-order valence-corrected chi connectivity index (χ1v) is 22.4. The van der Waals surface area contributed by atoms with Crippen molar-refractivity contribution in [1.29, 1.82) is 0 Å². The highest BCUT2D eigenvalue weighted by atomic mass is 16.3. The van der Waals surface area contributed by atoms with E-state index in [2.05, 4.69) is 248 Å². The minimum absolute atomic E-state index is 0.537. The molecule has 304 valence electrons. The first-order valence-electron chi connectivity index (χ1n) is 22.4. The van der Waals surface area contributed by atoms with E-state index in [-0.39, 0.29) is 0 Å². The fourth-order valence-corrected chi connectivity index (χ4v) is 11.0. The van der Waals surface area contributed by atoms with Gasteiger partial charge in [0.05, 0.1) is 11.1 Å². The highest BCUT2D eigenvalue weighted by Gasteiger charge is 2.46. The molecule has 0 unspecified atom stereocenters. The van der Waals surface area contributed by atoms with Crippen LogP contribution >= 0.6 is 0 Å². The van der Waals surface area contributed by atoms with Crippen LogP contribution in [0.4, 0.5) is 17.1 Å². The summed E-state index contributed by atoms with van der Waals surface area (Å²) in [6.07, 6.45) is 0. The number of furan rings is 1. The summed E-state index contributed by atoms with van der Waals surface area (Å²) in [5.41, 5.74) is 16.6. The van der Waals surface area contributed by atoms with Gasteiger partial charge in [-0.25, -0.2) is 0 Å². The Morgan fingerprint density at radius 1 is 0.323 bits per heavy atom. The van der Waals surface area contributed by atoms with E-state index in [0.717, 1.165) is 44.6 Å². The minimum Gasteiger partial charge on any atom is -0.454 e. The lowest BCUT2D eigenvalue weighted by atomic mass is 9.67. The number of hydrogen-bond acceptors (Lipinski definition) is 2. The van der Waals surface area contributed by atoms with Crippen molar-refractivity contribution >= 4 is 60.5 Å². The molecule has 65 heavy (non-hydrogen) atoms. The van der Waals surface area contributed by atoms with Crippen LogP contribution in [-0.4, -0.2) is 0 Å². The van der Waals surface area contributed by atoms with Crippen molar-refractivity contribution in [3.05, 3.63) is 271 Å². The van der Waals surface area contributed by atoms with E-state index in [1.54, 1.807) is 0 Å². The second-order valence-electron chi connectivity index (χ2n) is 17.1. The molecule has 0 aliphatic heterocycles. The van der Waals surface area contributed by atoms with Gasteiger partial charge >= 0.3 is 0 Å². The van der Waals surface area contributed by atoms with Gasteiger partial charge in [0.25, 0.3) is 0 Å². The Bertz CT molecular complexity index is 3730. The molecule has 1 heterocycles. The van der Waals surface area contributed by atoms with Gasteiger partial charge in [0.2, 0.25) is 0 Å². The number of hydrogen-bond donors (Lipinski definition) is 0. The minimum atomic E-state index is -0.537. The third-order valence-corrected chi connectivity index (χ3v) is 13.8. The van der Waals surface area contributed by atoms with Crippen molar-refractivity contribution in [2.75, 3.05) is 4.90 Å². The van der Waals surface area contributed by atoms with Crippen LogP contribution in [0.15, 0.2) is 253 Å². The number of nitrogens with zero attached hydrogens (tertiary/aromatic N) is 1. The zero-order valence-electron chi connectivity index (χ0n) is 35.5. The Kier molecular flexibility index (Phi) is 8.47. The molecule has 0 bridgehead atoms. The van der Waals surface area contributed by atoms with E-state index < -0.39 is 5.41 Å². The molecule has 0 saturated carbocycles. The van der Waals surface area contributed by atoms with E-state index in [9.17, 15) is 0 Å². The molecule has 1 aliphatic carbocycles. The summed E-state index contributed by atoms with van der Waals surface area (Å²) >= 11 is 0. The quantitative estimate of drug-likeness (QED) is 0.159. The predicted octanol–water partition coefficient (Wildman–Crippen LogP) is 17.1. The number of rotatable bonds is 7. The molecule has 2 nitrogen and oxygen atoms in total. The SMILES string of the molecule is c1ccc(C2(c3ccccc3)c3ccccc3-c3ccc(N(c4ccc(-c5cccc6c(-c7cccc8ccccc78)cccc56)cc4)c4cccc5c4oc4ccccc45)cc32)cc1. The van der Waals surface area contributed by atoms with Gasteiger partial charge in [0.1, 0.15) is 5.58 Å². The maximum Gasteiger partial charge on any atom is 0.159 e. The average molecular weight is 828 g/mol. The number of para-hydroxylation sites is 2. The van der Waals surface area contributed by atoms with Crippen LogP contribution in [0.5, 0.6) is 0 Å².